The molecule has 0 atom stereocenters. The lowest BCUT2D eigenvalue weighted by Gasteiger charge is -2.18. The van der Waals surface area contributed by atoms with E-state index in [-0.39, 0.29) is 11.1 Å². The van der Waals surface area contributed by atoms with Gasteiger partial charge in [0, 0.05) is 43.9 Å². The summed E-state index contributed by atoms with van der Waals surface area (Å²) in [7, 11) is 5.97. The van der Waals surface area contributed by atoms with Gasteiger partial charge in [-0.05, 0) is 53.5 Å². The SMILES string of the molecule is [B]c1c(O)c(O)c(O)c(-c2cc(-c3c(O)c(O)c(O)c(O)c3O)c3c4ccccc4n(-c4ccc5oc6c(-c7nc(-c8ccccc8)nc(-c8ccccc8)n7)cccc6c5c4)c3c2)c1O. The molecule has 9 N–H and O–H groups in total. The minimum atomic E-state index is -1.18. The van der Waals surface area contributed by atoms with Crippen LogP contribution >= 0.6 is 0 Å². The highest BCUT2D eigenvalue weighted by atomic mass is 16.4. The normalized spacial score (nSPS) is 11.6. The van der Waals surface area contributed by atoms with Gasteiger partial charge >= 0.3 is 0 Å². The standard InChI is InChI=1S/C51H31BN4O10/c52-38-39(57)35(40(58)44(62)43(38)61)25-20-31(37-41(59)45(63)47(65)46(64)42(37)60)36-28-14-7-8-17-32(28)56(33(36)21-25)26-18-19-34-30(22-26)27-15-9-16-29(48(27)66-34)51-54-49(23-10-3-1-4-11-23)53-50(55-51)24-12-5-2-6-13-24/h1-22,57-65H. The summed E-state index contributed by atoms with van der Waals surface area (Å²) in [4.78, 5) is 14.7. The van der Waals surface area contributed by atoms with Gasteiger partial charge in [-0.2, -0.15) is 0 Å². The van der Waals surface area contributed by atoms with Crippen LogP contribution in [0, 0.1) is 0 Å². The van der Waals surface area contributed by atoms with Crippen molar-refractivity contribution in [3.8, 4) is 114 Å². The van der Waals surface area contributed by atoms with Gasteiger partial charge in [0.25, 0.3) is 0 Å². The van der Waals surface area contributed by atoms with Crippen LogP contribution in [0.5, 0.6) is 51.7 Å². The van der Waals surface area contributed by atoms with Crippen LogP contribution in [0.15, 0.2) is 138 Å². The third-order valence-electron chi connectivity index (χ3n) is 11.8. The molecule has 0 aliphatic rings. The lowest BCUT2D eigenvalue weighted by Crippen LogP contribution is -2.05. The summed E-state index contributed by atoms with van der Waals surface area (Å²) in [6, 6.07) is 40.3. The lowest BCUT2D eigenvalue weighted by molar-refractivity contribution is 0.330. The molecular weight excluding hydrogens is 839 g/mol. The quantitative estimate of drug-likeness (QED) is 0.0431. The first kappa shape index (κ1) is 39.5. The summed E-state index contributed by atoms with van der Waals surface area (Å²) in [5.74, 6) is -7.90. The van der Waals surface area contributed by atoms with Crippen molar-refractivity contribution in [2.24, 2.45) is 0 Å². The van der Waals surface area contributed by atoms with Gasteiger partial charge in [-0.25, -0.2) is 15.0 Å². The predicted molar refractivity (Wildman–Crippen MR) is 249 cm³/mol. The van der Waals surface area contributed by atoms with Crippen LogP contribution in [-0.4, -0.2) is 73.3 Å². The van der Waals surface area contributed by atoms with Crippen molar-refractivity contribution in [1.29, 1.82) is 0 Å². The van der Waals surface area contributed by atoms with Crippen molar-refractivity contribution in [1.82, 2.24) is 19.5 Å². The van der Waals surface area contributed by atoms with Crippen LogP contribution in [0.3, 0.4) is 0 Å². The Balaban J connectivity index is 1.19. The number of benzene rings is 8. The molecule has 14 nitrogen and oxygen atoms in total. The lowest BCUT2D eigenvalue weighted by atomic mass is 9.86. The fourth-order valence-electron chi connectivity index (χ4n) is 8.68. The van der Waals surface area contributed by atoms with Gasteiger partial charge < -0.3 is 54.9 Å². The molecule has 0 fully saturated rings. The van der Waals surface area contributed by atoms with Crippen LogP contribution in [0.25, 0.3) is 106 Å². The van der Waals surface area contributed by atoms with E-state index in [1.807, 2.05) is 95.6 Å². The smallest absolute Gasteiger partial charge is 0.208 e. The molecule has 0 amide bonds. The summed E-state index contributed by atoms with van der Waals surface area (Å²) in [6.07, 6.45) is 0. The number of fused-ring (bicyclic) bond motifs is 6. The second-order valence-electron chi connectivity index (χ2n) is 15.6. The van der Waals surface area contributed by atoms with E-state index in [9.17, 15) is 46.0 Å². The summed E-state index contributed by atoms with van der Waals surface area (Å²) < 4.78 is 8.43. The number of furan rings is 1. The highest BCUT2D eigenvalue weighted by Crippen LogP contribution is 2.58. The highest BCUT2D eigenvalue weighted by molar-refractivity contribution is 6.37. The average molecular weight is 871 g/mol. The molecule has 2 radical (unpaired) electrons. The predicted octanol–water partition coefficient (Wildman–Crippen LogP) is 9.35. The Morgan fingerprint density at radius 3 is 1.64 bits per heavy atom. The Hall–Kier alpha value is -9.37. The van der Waals surface area contributed by atoms with Gasteiger partial charge in [-0.3, -0.25) is 0 Å². The Morgan fingerprint density at radius 1 is 0.409 bits per heavy atom. The number of rotatable bonds is 6. The molecule has 11 aromatic rings. The first-order valence-corrected chi connectivity index (χ1v) is 20.3. The van der Waals surface area contributed by atoms with Crippen LogP contribution < -0.4 is 5.46 Å². The minimum Gasteiger partial charge on any atom is -0.508 e. The molecule has 0 saturated heterocycles. The number of phenols is 9. The van der Waals surface area contributed by atoms with E-state index < -0.39 is 68.3 Å². The zero-order chi connectivity index (χ0) is 45.7. The fraction of sp³-hybridized carbons (Fsp3) is 0. The summed E-state index contributed by atoms with van der Waals surface area (Å²) >= 11 is 0. The molecule has 3 heterocycles. The number of hydrogen-bond acceptors (Lipinski definition) is 13. The van der Waals surface area contributed by atoms with E-state index in [1.165, 1.54) is 6.07 Å². The minimum absolute atomic E-state index is 0.0639. The zero-order valence-corrected chi connectivity index (χ0v) is 34.0. The maximum atomic E-state index is 11.3. The summed E-state index contributed by atoms with van der Waals surface area (Å²) in [5.41, 5.74) is 2.97. The summed E-state index contributed by atoms with van der Waals surface area (Å²) in [6.45, 7) is 0. The van der Waals surface area contributed by atoms with Gasteiger partial charge in [0.1, 0.15) is 24.8 Å². The van der Waals surface area contributed by atoms with E-state index in [0.29, 0.717) is 67.1 Å². The molecule has 318 valence electrons. The van der Waals surface area contributed by atoms with Crippen LogP contribution in [0.1, 0.15) is 0 Å². The Morgan fingerprint density at radius 2 is 0.970 bits per heavy atom. The zero-order valence-electron chi connectivity index (χ0n) is 34.0. The molecule has 0 aliphatic carbocycles. The third-order valence-corrected chi connectivity index (χ3v) is 11.8. The number of para-hydroxylation sites is 2. The highest BCUT2D eigenvalue weighted by Gasteiger charge is 2.30. The molecule has 0 saturated carbocycles. The first-order chi connectivity index (χ1) is 31.9. The fourth-order valence-corrected chi connectivity index (χ4v) is 8.68. The number of phenolic OH excluding ortho intramolecular Hbond substituents is 9. The molecular formula is C51H31BN4O10. The van der Waals surface area contributed by atoms with Crippen LogP contribution in [-0.2, 0) is 0 Å². The molecule has 0 spiro atoms. The first-order valence-electron chi connectivity index (χ1n) is 20.3. The van der Waals surface area contributed by atoms with Crippen molar-refractivity contribution in [3.63, 3.8) is 0 Å². The van der Waals surface area contributed by atoms with Crippen molar-refractivity contribution >= 4 is 57.1 Å². The molecule has 15 heteroatoms. The maximum Gasteiger partial charge on any atom is 0.208 e. The number of aromatic hydroxyl groups is 9. The number of nitrogens with zero attached hydrogens (tertiary/aromatic N) is 4. The topological polar surface area (TPSA) is 239 Å². The Bertz CT molecular complexity index is 3720. The van der Waals surface area contributed by atoms with E-state index in [2.05, 4.69) is 0 Å². The molecule has 11 rings (SSSR count). The monoisotopic (exact) mass is 870 g/mol. The number of hydrogen-bond donors (Lipinski definition) is 9. The van der Waals surface area contributed by atoms with Crippen molar-refractivity contribution in [2.45, 2.75) is 0 Å². The van der Waals surface area contributed by atoms with E-state index in [0.717, 1.165) is 16.5 Å². The van der Waals surface area contributed by atoms with Gasteiger partial charge in [0.15, 0.2) is 40.5 Å². The van der Waals surface area contributed by atoms with Crippen molar-refractivity contribution in [3.05, 3.63) is 133 Å². The third kappa shape index (κ3) is 5.80. The molecule has 8 aromatic carbocycles. The molecule has 0 aliphatic heterocycles. The molecule has 3 aromatic heterocycles. The summed E-state index contributed by atoms with van der Waals surface area (Å²) in [5, 5.41) is 100. The molecule has 0 unspecified atom stereocenters. The Kier molecular flexibility index (Phi) is 8.74. The second-order valence-corrected chi connectivity index (χ2v) is 15.6. The van der Waals surface area contributed by atoms with Crippen molar-refractivity contribution in [2.75, 3.05) is 0 Å². The van der Waals surface area contributed by atoms with Crippen LogP contribution in [0.4, 0.5) is 0 Å². The Labute approximate surface area is 373 Å². The van der Waals surface area contributed by atoms with Gasteiger partial charge in [0.2, 0.25) is 23.0 Å². The van der Waals surface area contributed by atoms with Gasteiger partial charge in [0.05, 0.1) is 27.7 Å². The van der Waals surface area contributed by atoms with E-state index in [4.69, 9.17) is 27.2 Å². The molecule has 66 heavy (non-hydrogen) atoms. The largest absolute Gasteiger partial charge is 0.508 e. The van der Waals surface area contributed by atoms with Gasteiger partial charge in [-0.15, -0.1) is 0 Å². The average Bonchev–Trinajstić information content (AvgIpc) is 3.90. The number of aromatic nitrogens is 4. The molecule has 0 bridgehead atoms. The van der Waals surface area contributed by atoms with Crippen LogP contribution in [0.2, 0.25) is 0 Å². The maximum absolute atomic E-state index is 11.3. The van der Waals surface area contributed by atoms with E-state index in [1.54, 1.807) is 36.4 Å². The van der Waals surface area contributed by atoms with Gasteiger partial charge in [-0.1, -0.05) is 91.0 Å². The van der Waals surface area contributed by atoms with E-state index >= 15 is 0 Å². The van der Waals surface area contributed by atoms with Crippen molar-refractivity contribution < 1.29 is 50.4 Å². The second kappa shape index (κ2) is 14.6.